The quantitative estimate of drug-likeness (QED) is 0.174. The van der Waals surface area contributed by atoms with E-state index in [1.165, 1.54) is 22.3 Å². The van der Waals surface area contributed by atoms with Gasteiger partial charge in [0.1, 0.15) is 0 Å². The van der Waals surface area contributed by atoms with Gasteiger partial charge in [0.15, 0.2) is 0 Å². The highest BCUT2D eigenvalue weighted by atomic mass is 79.9. The number of anilines is 4. The molecular formula is C39H34Br2N2. The number of halogens is 2. The van der Waals surface area contributed by atoms with E-state index in [-0.39, 0.29) is 5.41 Å². The lowest BCUT2D eigenvalue weighted by Crippen LogP contribution is -2.18. The highest BCUT2D eigenvalue weighted by molar-refractivity contribution is 9.10. The lowest BCUT2D eigenvalue weighted by molar-refractivity contribution is 0.640. The second kappa shape index (κ2) is 14.4. The molecule has 2 N–H and O–H groups in total. The van der Waals surface area contributed by atoms with Crippen LogP contribution in [0, 0.1) is 0 Å². The number of hydrogen-bond donors (Lipinski definition) is 2. The average molecular weight is 691 g/mol. The second-order valence-corrected chi connectivity index (χ2v) is 12.6. The Morgan fingerprint density at radius 3 is 1.00 bits per heavy atom. The van der Waals surface area contributed by atoms with Gasteiger partial charge in [-0.2, -0.15) is 0 Å². The van der Waals surface area contributed by atoms with E-state index in [0.717, 1.165) is 31.7 Å². The molecule has 0 spiro atoms. The Morgan fingerprint density at radius 1 is 0.372 bits per heavy atom. The summed E-state index contributed by atoms with van der Waals surface area (Å²) in [5.41, 5.74) is 9.44. The first-order valence-electron chi connectivity index (χ1n) is 14.2. The minimum absolute atomic E-state index is 0.0292. The third-order valence-electron chi connectivity index (χ3n) is 7.36. The van der Waals surface area contributed by atoms with E-state index in [1.54, 1.807) is 0 Å². The molecular weight excluding hydrogens is 656 g/mol. The summed E-state index contributed by atoms with van der Waals surface area (Å²) >= 11 is 6.94. The zero-order valence-corrected chi connectivity index (χ0v) is 27.4. The van der Waals surface area contributed by atoms with Crippen molar-refractivity contribution in [3.8, 4) is 11.1 Å². The van der Waals surface area contributed by atoms with Crippen molar-refractivity contribution in [2.75, 3.05) is 10.6 Å². The first-order valence-corrected chi connectivity index (χ1v) is 15.8. The van der Waals surface area contributed by atoms with Crippen molar-refractivity contribution in [2.45, 2.75) is 19.3 Å². The van der Waals surface area contributed by atoms with Crippen LogP contribution in [0.15, 0.2) is 167 Å². The third-order valence-corrected chi connectivity index (χ3v) is 8.42. The van der Waals surface area contributed by atoms with Crippen molar-refractivity contribution in [2.24, 2.45) is 0 Å². The highest BCUT2D eigenvalue weighted by Gasteiger charge is 2.22. The standard InChI is InChI=1S/C24H20N2.C15H14Br2/c1-3-7-21(8-4-1)25-23-15-11-19(12-16-23)20-13-17-24(18-14-20)26-22-9-5-2-6-10-22;1-15(2,11-3-7-13(16)8-4-11)12-5-9-14(17)10-6-12/h1-18,25-26H;3-10H,1-2H3. The largest absolute Gasteiger partial charge is 0.356 e. The van der Waals surface area contributed by atoms with E-state index in [1.807, 2.05) is 36.4 Å². The van der Waals surface area contributed by atoms with Crippen LogP contribution in [0.2, 0.25) is 0 Å². The Balaban J connectivity index is 0.000000188. The Morgan fingerprint density at radius 2 is 0.674 bits per heavy atom. The molecule has 0 aromatic heterocycles. The van der Waals surface area contributed by atoms with E-state index in [9.17, 15) is 0 Å². The summed E-state index contributed by atoms with van der Waals surface area (Å²) in [6, 6.07) is 54.5. The molecule has 43 heavy (non-hydrogen) atoms. The summed E-state index contributed by atoms with van der Waals surface area (Å²) < 4.78 is 2.24. The van der Waals surface area contributed by atoms with Gasteiger partial charge in [-0.1, -0.05) is 131 Å². The molecule has 6 rings (SSSR count). The molecule has 0 fully saturated rings. The average Bonchev–Trinajstić information content (AvgIpc) is 3.04. The minimum Gasteiger partial charge on any atom is -0.356 e. The van der Waals surface area contributed by atoms with Crippen molar-refractivity contribution < 1.29 is 0 Å². The fourth-order valence-corrected chi connectivity index (χ4v) is 5.30. The first kappa shape index (κ1) is 30.3. The van der Waals surface area contributed by atoms with Gasteiger partial charge in [0.2, 0.25) is 0 Å². The van der Waals surface area contributed by atoms with Crippen molar-refractivity contribution in [3.05, 3.63) is 178 Å². The molecule has 0 atom stereocenters. The summed E-state index contributed by atoms with van der Waals surface area (Å²) in [6.07, 6.45) is 0. The number of rotatable bonds is 7. The number of hydrogen-bond acceptors (Lipinski definition) is 2. The van der Waals surface area contributed by atoms with Crippen LogP contribution in [-0.4, -0.2) is 0 Å². The fourth-order valence-electron chi connectivity index (χ4n) is 4.77. The van der Waals surface area contributed by atoms with E-state index < -0.39 is 0 Å². The summed E-state index contributed by atoms with van der Waals surface area (Å²) in [5, 5.41) is 6.82. The van der Waals surface area contributed by atoms with Gasteiger partial charge in [0, 0.05) is 37.1 Å². The van der Waals surface area contributed by atoms with Crippen LogP contribution in [0.1, 0.15) is 25.0 Å². The predicted molar refractivity (Wildman–Crippen MR) is 192 cm³/mol. The van der Waals surface area contributed by atoms with Gasteiger partial charge in [0.05, 0.1) is 0 Å². The van der Waals surface area contributed by atoms with Gasteiger partial charge in [-0.15, -0.1) is 0 Å². The molecule has 0 radical (unpaired) electrons. The lowest BCUT2D eigenvalue weighted by atomic mass is 9.78. The fraction of sp³-hybridized carbons (Fsp3) is 0.0769. The van der Waals surface area contributed by atoms with Crippen LogP contribution < -0.4 is 10.6 Å². The van der Waals surface area contributed by atoms with Crippen molar-refractivity contribution in [1.82, 2.24) is 0 Å². The Labute approximate surface area is 272 Å². The molecule has 6 aromatic rings. The lowest BCUT2D eigenvalue weighted by Gasteiger charge is -2.26. The van der Waals surface area contributed by atoms with Gasteiger partial charge in [0.25, 0.3) is 0 Å². The molecule has 0 saturated carbocycles. The molecule has 0 aliphatic rings. The van der Waals surface area contributed by atoms with E-state index >= 15 is 0 Å². The molecule has 2 nitrogen and oxygen atoms in total. The Kier molecular flexibility index (Phi) is 10.1. The zero-order valence-electron chi connectivity index (χ0n) is 24.3. The molecule has 0 aliphatic heterocycles. The van der Waals surface area contributed by atoms with Crippen LogP contribution in [0.3, 0.4) is 0 Å². The van der Waals surface area contributed by atoms with Crippen molar-refractivity contribution >= 4 is 54.6 Å². The molecule has 0 heterocycles. The molecule has 6 aromatic carbocycles. The van der Waals surface area contributed by atoms with Crippen LogP contribution in [0.4, 0.5) is 22.7 Å². The van der Waals surface area contributed by atoms with Gasteiger partial charge in [-0.25, -0.2) is 0 Å². The van der Waals surface area contributed by atoms with Crippen LogP contribution >= 0.6 is 31.9 Å². The van der Waals surface area contributed by atoms with Crippen molar-refractivity contribution in [1.29, 1.82) is 0 Å². The number of para-hydroxylation sites is 2. The Hall–Kier alpha value is -4.12. The third kappa shape index (κ3) is 8.47. The van der Waals surface area contributed by atoms with Gasteiger partial charge >= 0.3 is 0 Å². The van der Waals surface area contributed by atoms with Gasteiger partial charge in [-0.05, 0) is 95.1 Å². The highest BCUT2D eigenvalue weighted by Crippen LogP contribution is 2.33. The molecule has 214 valence electrons. The van der Waals surface area contributed by atoms with Crippen LogP contribution in [0.5, 0.6) is 0 Å². The zero-order chi connectivity index (χ0) is 30.1. The van der Waals surface area contributed by atoms with Gasteiger partial charge < -0.3 is 10.6 Å². The molecule has 0 unspecified atom stereocenters. The molecule has 0 bridgehead atoms. The van der Waals surface area contributed by atoms with E-state index in [0.29, 0.717) is 0 Å². The SMILES string of the molecule is CC(C)(c1ccc(Br)cc1)c1ccc(Br)cc1.c1ccc(Nc2ccc(-c3ccc(Nc4ccccc4)cc3)cc2)cc1. The number of benzene rings is 6. The molecule has 0 saturated heterocycles. The van der Waals surface area contributed by atoms with Crippen LogP contribution in [-0.2, 0) is 5.41 Å². The first-order chi connectivity index (χ1) is 20.9. The van der Waals surface area contributed by atoms with E-state index in [2.05, 4.69) is 178 Å². The Bertz CT molecular complexity index is 1570. The maximum Gasteiger partial charge on any atom is 0.0384 e. The minimum atomic E-state index is 0.0292. The summed E-state index contributed by atoms with van der Waals surface area (Å²) in [7, 11) is 0. The van der Waals surface area contributed by atoms with E-state index in [4.69, 9.17) is 0 Å². The van der Waals surface area contributed by atoms with Crippen LogP contribution in [0.25, 0.3) is 11.1 Å². The maximum atomic E-state index is 3.47. The summed E-state index contributed by atoms with van der Waals surface area (Å²) in [5.74, 6) is 0. The summed E-state index contributed by atoms with van der Waals surface area (Å²) in [4.78, 5) is 0. The van der Waals surface area contributed by atoms with Gasteiger partial charge in [-0.3, -0.25) is 0 Å². The summed E-state index contributed by atoms with van der Waals surface area (Å²) in [6.45, 7) is 4.50. The number of nitrogens with one attached hydrogen (secondary N) is 2. The predicted octanol–water partition coefficient (Wildman–Crippen LogP) is 12.4. The van der Waals surface area contributed by atoms with Crippen molar-refractivity contribution in [3.63, 3.8) is 0 Å². The smallest absolute Gasteiger partial charge is 0.0384 e. The maximum absolute atomic E-state index is 3.47. The monoisotopic (exact) mass is 688 g/mol. The topological polar surface area (TPSA) is 24.1 Å². The molecule has 0 amide bonds. The molecule has 0 aliphatic carbocycles. The normalized spacial score (nSPS) is 10.8. The second-order valence-electron chi connectivity index (χ2n) is 10.8. The molecule has 4 heteroatoms.